The molecule has 1 atom stereocenters. The predicted octanol–water partition coefficient (Wildman–Crippen LogP) is 1.67. The second kappa shape index (κ2) is 6.24. The zero-order valence-corrected chi connectivity index (χ0v) is 13.2. The van der Waals surface area contributed by atoms with Gasteiger partial charge in [0.05, 0.1) is 13.2 Å². The summed E-state index contributed by atoms with van der Waals surface area (Å²) in [5.74, 6) is 0.961. The monoisotopic (exact) mass is 313 g/mol. The highest BCUT2D eigenvalue weighted by Crippen LogP contribution is 2.41. The van der Waals surface area contributed by atoms with Crippen LogP contribution in [0.15, 0.2) is 41.2 Å². The maximum Gasteiger partial charge on any atom is 0.272 e. The standard InChI is InChI=1S/C17H19N3O3/c1-20-15(21)10-9-14(19-20)17(22)18-16(11-3-4-11)12-5-7-13(23-2)8-6-12/h5-11,16H,3-4H2,1-2H3,(H,18,22). The molecule has 6 heteroatoms. The summed E-state index contributed by atoms with van der Waals surface area (Å²) in [7, 11) is 3.15. The molecule has 1 N–H and O–H groups in total. The molecule has 1 aliphatic carbocycles. The van der Waals surface area contributed by atoms with Gasteiger partial charge in [-0.2, -0.15) is 5.10 Å². The Kier molecular flexibility index (Phi) is 4.14. The minimum absolute atomic E-state index is 0.0487. The van der Waals surface area contributed by atoms with Crippen molar-refractivity contribution in [2.75, 3.05) is 7.11 Å². The lowest BCUT2D eigenvalue weighted by Gasteiger charge is -2.19. The van der Waals surface area contributed by atoms with Crippen LogP contribution < -0.4 is 15.6 Å². The molecule has 0 aliphatic heterocycles. The first-order valence-electron chi connectivity index (χ1n) is 7.57. The second-order valence-corrected chi connectivity index (χ2v) is 5.74. The van der Waals surface area contributed by atoms with Crippen LogP contribution in [0.1, 0.15) is 34.9 Å². The van der Waals surface area contributed by atoms with Gasteiger partial charge >= 0.3 is 0 Å². The zero-order chi connectivity index (χ0) is 16.4. The summed E-state index contributed by atoms with van der Waals surface area (Å²) in [6, 6.07) is 10.5. The number of carbonyl (C=O) groups excluding carboxylic acids is 1. The number of amides is 1. The van der Waals surface area contributed by atoms with Crippen LogP contribution in [0.3, 0.4) is 0 Å². The van der Waals surface area contributed by atoms with Crippen molar-refractivity contribution in [3.8, 4) is 5.75 Å². The van der Waals surface area contributed by atoms with E-state index in [4.69, 9.17) is 4.74 Å². The van der Waals surface area contributed by atoms with Crippen molar-refractivity contribution in [3.63, 3.8) is 0 Å². The van der Waals surface area contributed by atoms with Gasteiger partial charge in [-0.25, -0.2) is 4.68 Å². The molecule has 2 aromatic rings. The number of ether oxygens (including phenoxy) is 1. The zero-order valence-electron chi connectivity index (χ0n) is 13.2. The lowest BCUT2D eigenvalue weighted by Crippen LogP contribution is -2.32. The Morgan fingerprint density at radius 1 is 1.26 bits per heavy atom. The minimum Gasteiger partial charge on any atom is -0.497 e. The third-order valence-electron chi connectivity index (χ3n) is 4.05. The maximum atomic E-state index is 12.4. The number of rotatable bonds is 5. The van der Waals surface area contributed by atoms with E-state index in [1.165, 1.54) is 19.2 Å². The number of aryl methyl sites for hydroxylation is 1. The first-order chi connectivity index (χ1) is 11.1. The molecule has 1 aromatic carbocycles. The molecule has 1 unspecified atom stereocenters. The third kappa shape index (κ3) is 3.41. The summed E-state index contributed by atoms with van der Waals surface area (Å²) in [6.07, 6.45) is 2.19. The fourth-order valence-electron chi connectivity index (χ4n) is 2.55. The van der Waals surface area contributed by atoms with E-state index < -0.39 is 0 Å². The van der Waals surface area contributed by atoms with Gasteiger partial charge in [0.1, 0.15) is 11.4 Å². The average Bonchev–Trinajstić information content (AvgIpc) is 3.40. The quantitative estimate of drug-likeness (QED) is 0.911. The summed E-state index contributed by atoms with van der Waals surface area (Å²) in [6.45, 7) is 0. The van der Waals surface area contributed by atoms with Gasteiger partial charge in [-0.1, -0.05) is 12.1 Å². The van der Waals surface area contributed by atoms with E-state index in [1.807, 2.05) is 24.3 Å². The number of nitrogens with zero attached hydrogens (tertiary/aromatic N) is 2. The molecule has 0 bridgehead atoms. The molecule has 1 heterocycles. The lowest BCUT2D eigenvalue weighted by atomic mass is 10.0. The lowest BCUT2D eigenvalue weighted by molar-refractivity contribution is 0.0924. The molecular formula is C17H19N3O3. The Morgan fingerprint density at radius 3 is 2.52 bits per heavy atom. The normalized spacial score (nSPS) is 15.0. The van der Waals surface area contributed by atoms with Gasteiger partial charge in [0.15, 0.2) is 0 Å². The molecule has 1 aromatic heterocycles. The first-order valence-corrected chi connectivity index (χ1v) is 7.57. The molecule has 120 valence electrons. The Hall–Kier alpha value is -2.63. The van der Waals surface area contributed by atoms with Crippen molar-refractivity contribution in [2.24, 2.45) is 13.0 Å². The van der Waals surface area contributed by atoms with Crippen molar-refractivity contribution in [1.82, 2.24) is 15.1 Å². The number of benzene rings is 1. The fourth-order valence-corrected chi connectivity index (χ4v) is 2.55. The SMILES string of the molecule is COc1ccc(C(NC(=O)c2ccc(=O)n(C)n2)C2CC2)cc1. The summed E-state index contributed by atoms with van der Waals surface area (Å²) < 4.78 is 6.33. The van der Waals surface area contributed by atoms with Gasteiger partial charge in [-0.15, -0.1) is 0 Å². The number of hydrogen-bond donors (Lipinski definition) is 1. The highest BCUT2D eigenvalue weighted by molar-refractivity contribution is 5.92. The Morgan fingerprint density at radius 2 is 1.96 bits per heavy atom. The highest BCUT2D eigenvalue weighted by atomic mass is 16.5. The van der Waals surface area contributed by atoms with Crippen LogP contribution in [0, 0.1) is 5.92 Å². The van der Waals surface area contributed by atoms with Crippen molar-refractivity contribution in [2.45, 2.75) is 18.9 Å². The van der Waals surface area contributed by atoms with E-state index in [0.717, 1.165) is 28.8 Å². The minimum atomic E-state index is -0.270. The van der Waals surface area contributed by atoms with Gasteiger partial charge in [0.25, 0.3) is 11.5 Å². The van der Waals surface area contributed by atoms with Crippen LogP contribution in [0.4, 0.5) is 0 Å². The molecule has 23 heavy (non-hydrogen) atoms. The molecule has 3 rings (SSSR count). The largest absolute Gasteiger partial charge is 0.497 e. The third-order valence-corrected chi connectivity index (χ3v) is 4.05. The molecule has 6 nitrogen and oxygen atoms in total. The van der Waals surface area contributed by atoms with Crippen molar-refractivity contribution in [3.05, 3.63) is 58.0 Å². The Labute approximate surface area is 134 Å². The molecule has 0 spiro atoms. The Balaban J connectivity index is 1.80. The van der Waals surface area contributed by atoms with E-state index in [-0.39, 0.29) is 23.2 Å². The summed E-state index contributed by atoms with van der Waals surface area (Å²) >= 11 is 0. The highest BCUT2D eigenvalue weighted by Gasteiger charge is 2.33. The van der Waals surface area contributed by atoms with Gasteiger partial charge in [0.2, 0.25) is 0 Å². The van der Waals surface area contributed by atoms with Gasteiger partial charge < -0.3 is 10.1 Å². The van der Waals surface area contributed by atoms with E-state index >= 15 is 0 Å². The van der Waals surface area contributed by atoms with Crippen molar-refractivity contribution in [1.29, 1.82) is 0 Å². The number of aromatic nitrogens is 2. The van der Waals surface area contributed by atoms with Crippen LogP contribution in [0.25, 0.3) is 0 Å². The summed E-state index contributed by atoms with van der Waals surface area (Å²) in [5.41, 5.74) is 1.05. The fraction of sp³-hybridized carbons (Fsp3) is 0.353. The summed E-state index contributed by atoms with van der Waals surface area (Å²) in [4.78, 5) is 23.8. The van der Waals surface area contributed by atoms with Crippen molar-refractivity contribution >= 4 is 5.91 Å². The number of hydrogen-bond acceptors (Lipinski definition) is 4. The number of methoxy groups -OCH3 is 1. The molecule has 1 fully saturated rings. The van der Waals surface area contributed by atoms with E-state index in [9.17, 15) is 9.59 Å². The molecule has 0 saturated heterocycles. The average molecular weight is 313 g/mol. The molecular weight excluding hydrogens is 294 g/mol. The summed E-state index contributed by atoms with van der Waals surface area (Å²) in [5, 5.41) is 7.04. The molecule has 1 amide bonds. The maximum absolute atomic E-state index is 12.4. The second-order valence-electron chi connectivity index (χ2n) is 5.74. The van der Waals surface area contributed by atoms with Gasteiger partial charge in [-0.05, 0) is 42.5 Å². The molecule has 1 saturated carbocycles. The van der Waals surface area contributed by atoms with Gasteiger partial charge in [-0.3, -0.25) is 9.59 Å². The molecule has 0 radical (unpaired) electrons. The van der Waals surface area contributed by atoms with Crippen LogP contribution in [0.5, 0.6) is 5.75 Å². The molecule has 1 aliphatic rings. The Bertz CT molecular complexity index is 763. The van der Waals surface area contributed by atoms with Crippen LogP contribution in [-0.2, 0) is 7.05 Å². The first kappa shape index (κ1) is 15.3. The van der Waals surface area contributed by atoms with E-state index in [1.54, 1.807) is 7.11 Å². The van der Waals surface area contributed by atoms with Crippen LogP contribution in [-0.4, -0.2) is 22.8 Å². The smallest absolute Gasteiger partial charge is 0.272 e. The number of nitrogens with one attached hydrogen (secondary N) is 1. The number of carbonyl (C=O) groups is 1. The van der Waals surface area contributed by atoms with Gasteiger partial charge in [0, 0.05) is 13.1 Å². The topological polar surface area (TPSA) is 73.2 Å². The van der Waals surface area contributed by atoms with E-state index in [2.05, 4.69) is 10.4 Å². The van der Waals surface area contributed by atoms with E-state index in [0.29, 0.717) is 5.92 Å². The van der Waals surface area contributed by atoms with Crippen LogP contribution in [0.2, 0.25) is 0 Å². The predicted molar refractivity (Wildman–Crippen MR) is 85.4 cm³/mol. The van der Waals surface area contributed by atoms with Crippen LogP contribution >= 0.6 is 0 Å². The van der Waals surface area contributed by atoms with Crippen molar-refractivity contribution < 1.29 is 9.53 Å².